The number of nitro groups is 1. The minimum Gasteiger partial charge on any atom is -0.469 e. The Bertz CT molecular complexity index is 614. The Hall–Kier alpha value is -2.15. The number of rotatable bonds is 4. The molecule has 0 aliphatic heterocycles. The second-order valence-corrected chi connectivity index (χ2v) is 4.30. The fourth-order valence-corrected chi connectivity index (χ4v) is 1.79. The highest BCUT2D eigenvalue weighted by molar-refractivity contribution is 6.28. The van der Waals surface area contributed by atoms with Crippen molar-refractivity contribution in [2.75, 3.05) is 11.9 Å². The van der Waals surface area contributed by atoms with E-state index in [-0.39, 0.29) is 16.8 Å². The zero-order valence-corrected chi connectivity index (χ0v) is 11.1. The molecule has 100 valence electrons. The van der Waals surface area contributed by atoms with Crippen LogP contribution in [0.4, 0.5) is 11.5 Å². The SMILES string of the molecule is Cc1occc1CN(C)c1nc(Cl)ncc1[N+](=O)[O-]. The number of nitrogens with zero attached hydrogens (tertiary/aromatic N) is 4. The van der Waals surface area contributed by atoms with Crippen LogP contribution >= 0.6 is 11.6 Å². The third-order valence-corrected chi connectivity index (χ3v) is 2.83. The Morgan fingerprint density at radius 3 is 2.89 bits per heavy atom. The fourth-order valence-electron chi connectivity index (χ4n) is 1.66. The predicted octanol–water partition coefficient (Wildman–Crippen LogP) is 2.58. The van der Waals surface area contributed by atoms with E-state index >= 15 is 0 Å². The molecule has 0 unspecified atom stereocenters. The maximum absolute atomic E-state index is 10.9. The summed E-state index contributed by atoms with van der Waals surface area (Å²) in [4.78, 5) is 19.6. The average molecular weight is 283 g/mol. The van der Waals surface area contributed by atoms with Gasteiger partial charge in [0, 0.05) is 19.2 Å². The maximum atomic E-state index is 10.9. The van der Waals surface area contributed by atoms with E-state index in [0.29, 0.717) is 6.54 Å². The highest BCUT2D eigenvalue weighted by Gasteiger charge is 2.21. The van der Waals surface area contributed by atoms with Gasteiger partial charge in [-0.25, -0.2) is 4.98 Å². The van der Waals surface area contributed by atoms with Gasteiger partial charge in [-0.15, -0.1) is 0 Å². The standard InChI is InChI=1S/C11H11ClN4O3/c1-7-8(3-4-19-7)6-15(2)10-9(16(17)18)5-13-11(12)14-10/h3-5H,6H2,1-2H3. The van der Waals surface area contributed by atoms with E-state index in [2.05, 4.69) is 9.97 Å². The first-order chi connectivity index (χ1) is 8.99. The molecule has 0 aromatic carbocycles. The first kappa shape index (κ1) is 13.3. The van der Waals surface area contributed by atoms with E-state index in [1.165, 1.54) is 0 Å². The third-order valence-electron chi connectivity index (χ3n) is 2.65. The number of halogens is 1. The molecule has 0 radical (unpaired) electrons. The molecule has 0 aliphatic carbocycles. The summed E-state index contributed by atoms with van der Waals surface area (Å²) in [7, 11) is 1.69. The average Bonchev–Trinajstić information content (AvgIpc) is 2.74. The number of aromatic nitrogens is 2. The van der Waals surface area contributed by atoms with E-state index in [1.807, 2.05) is 6.92 Å². The van der Waals surface area contributed by atoms with E-state index < -0.39 is 4.92 Å². The first-order valence-electron chi connectivity index (χ1n) is 5.40. The molecule has 0 atom stereocenters. The van der Waals surface area contributed by atoms with Crippen molar-refractivity contribution in [1.29, 1.82) is 0 Å². The summed E-state index contributed by atoms with van der Waals surface area (Å²) in [6.45, 7) is 2.25. The molecule has 2 aromatic rings. The Morgan fingerprint density at radius 2 is 2.32 bits per heavy atom. The highest BCUT2D eigenvalue weighted by atomic mass is 35.5. The molecular weight excluding hydrogens is 272 g/mol. The number of furan rings is 1. The Kier molecular flexibility index (Phi) is 3.66. The topological polar surface area (TPSA) is 85.3 Å². The van der Waals surface area contributed by atoms with Crippen LogP contribution in [0.15, 0.2) is 22.9 Å². The van der Waals surface area contributed by atoms with E-state index in [1.54, 1.807) is 24.3 Å². The van der Waals surface area contributed by atoms with Gasteiger partial charge in [0.25, 0.3) is 0 Å². The minimum atomic E-state index is -0.537. The summed E-state index contributed by atoms with van der Waals surface area (Å²) in [5.41, 5.74) is 0.736. The van der Waals surface area contributed by atoms with Gasteiger partial charge in [-0.05, 0) is 24.6 Å². The van der Waals surface area contributed by atoms with Crippen molar-refractivity contribution in [2.45, 2.75) is 13.5 Å². The normalized spacial score (nSPS) is 10.5. The molecule has 2 aromatic heterocycles. The van der Waals surface area contributed by atoms with Gasteiger partial charge in [0.1, 0.15) is 12.0 Å². The number of aryl methyl sites for hydroxylation is 1. The highest BCUT2D eigenvalue weighted by Crippen LogP contribution is 2.26. The van der Waals surface area contributed by atoms with Crippen molar-refractivity contribution in [1.82, 2.24) is 9.97 Å². The Balaban J connectivity index is 2.32. The lowest BCUT2D eigenvalue weighted by Gasteiger charge is -2.17. The van der Waals surface area contributed by atoms with Crippen LogP contribution in [0.1, 0.15) is 11.3 Å². The second-order valence-electron chi connectivity index (χ2n) is 3.96. The molecule has 0 bridgehead atoms. The third kappa shape index (κ3) is 2.82. The Labute approximate surface area is 114 Å². The van der Waals surface area contributed by atoms with Crippen LogP contribution in [-0.4, -0.2) is 21.9 Å². The van der Waals surface area contributed by atoms with Crippen LogP contribution in [0.5, 0.6) is 0 Å². The Morgan fingerprint density at radius 1 is 1.58 bits per heavy atom. The summed E-state index contributed by atoms with van der Waals surface area (Å²) in [6, 6.07) is 1.81. The monoisotopic (exact) mass is 282 g/mol. The number of hydrogen-bond donors (Lipinski definition) is 0. The molecule has 2 heterocycles. The van der Waals surface area contributed by atoms with Gasteiger partial charge in [-0.2, -0.15) is 4.98 Å². The van der Waals surface area contributed by atoms with Crippen molar-refractivity contribution in [2.24, 2.45) is 0 Å². The van der Waals surface area contributed by atoms with Gasteiger partial charge < -0.3 is 9.32 Å². The van der Waals surface area contributed by atoms with Gasteiger partial charge in [0.05, 0.1) is 11.2 Å². The largest absolute Gasteiger partial charge is 0.469 e. The van der Waals surface area contributed by atoms with Crippen molar-refractivity contribution in [3.8, 4) is 0 Å². The lowest BCUT2D eigenvalue weighted by atomic mass is 10.2. The molecule has 0 amide bonds. The molecule has 7 nitrogen and oxygen atoms in total. The van der Waals surface area contributed by atoms with E-state index in [0.717, 1.165) is 17.5 Å². The lowest BCUT2D eigenvalue weighted by molar-refractivity contribution is -0.384. The van der Waals surface area contributed by atoms with Crippen molar-refractivity contribution >= 4 is 23.1 Å². The lowest BCUT2D eigenvalue weighted by Crippen LogP contribution is -2.19. The maximum Gasteiger partial charge on any atom is 0.329 e. The summed E-state index contributed by atoms with van der Waals surface area (Å²) < 4.78 is 5.18. The van der Waals surface area contributed by atoms with Crippen LogP contribution < -0.4 is 4.90 Å². The molecule has 0 saturated carbocycles. The smallest absolute Gasteiger partial charge is 0.329 e. The first-order valence-corrected chi connectivity index (χ1v) is 5.78. The predicted molar refractivity (Wildman–Crippen MR) is 69.2 cm³/mol. The molecule has 0 spiro atoms. The summed E-state index contributed by atoms with van der Waals surface area (Å²) >= 11 is 5.69. The van der Waals surface area contributed by atoms with Gasteiger partial charge in [0.15, 0.2) is 0 Å². The zero-order chi connectivity index (χ0) is 14.0. The van der Waals surface area contributed by atoms with Crippen molar-refractivity contribution < 1.29 is 9.34 Å². The minimum absolute atomic E-state index is 0.0311. The summed E-state index contributed by atoms with van der Waals surface area (Å²) in [5.74, 6) is 0.931. The van der Waals surface area contributed by atoms with E-state index in [4.69, 9.17) is 16.0 Å². The van der Waals surface area contributed by atoms with Crippen LogP contribution in [-0.2, 0) is 6.54 Å². The molecule has 0 N–H and O–H groups in total. The summed E-state index contributed by atoms with van der Waals surface area (Å²) in [6.07, 6.45) is 2.67. The molecule has 0 saturated heterocycles. The van der Waals surface area contributed by atoms with Gasteiger partial charge in [-0.3, -0.25) is 10.1 Å². The van der Waals surface area contributed by atoms with Crippen LogP contribution in [0, 0.1) is 17.0 Å². The van der Waals surface area contributed by atoms with Gasteiger partial charge >= 0.3 is 5.69 Å². The van der Waals surface area contributed by atoms with E-state index in [9.17, 15) is 10.1 Å². The molecule has 8 heteroatoms. The number of anilines is 1. The fraction of sp³-hybridized carbons (Fsp3) is 0.273. The van der Waals surface area contributed by atoms with Crippen molar-refractivity contribution in [3.63, 3.8) is 0 Å². The van der Waals surface area contributed by atoms with Crippen LogP contribution in [0.3, 0.4) is 0 Å². The van der Waals surface area contributed by atoms with Crippen LogP contribution in [0.25, 0.3) is 0 Å². The zero-order valence-electron chi connectivity index (χ0n) is 10.3. The second kappa shape index (κ2) is 5.23. The molecule has 0 fully saturated rings. The quantitative estimate of drug-likeness (QED) is 0.487. The number of hydrogen-bond acceptors (Lipinski definition) is 6. The molecule has 2 rings (SSSR count). The molecule has 19 heavy (non-hydrogen) atoms. The summed E-state index contributed by atoms with van der Waals surface area (Å²) in [5, 5.41) is 10.9. The van der Waals surface area contributed by atoms with Crippen molar-refractivity contribution in [3.05, 3.63) is 45.2 Å². The van der Waals surface area contributed by atoms with Gasteiger partial charge in [-0.1, -0.05) is 0 Å². The molecular formula is C11H11ClN4O3. The van der Waals surface area contributed by atoms with Crippen LogP contribution in [0.2, 0.25) is 5.28 Å². The van der Waals surface area contributed by atoms with Gasteiger partial charge in [0.2, 0.25) is 11.1 Å². The molecule has 0 aliphatic rings.